The molecule has 2 amide bonds. The van der Waals surface area contributed by atoms with Crippen LogP contribution in [0.3, 0.4) is 0 Å². The average molecular weight is 392 g/mol. The standard InChI is InChI=1S/C24H28N2O3/c1-16-3-7-19(8-4-16)24(28)26-14-21(18-9-11-20(29-2)12-10-18)22(15-26)23(27)25-13-17-5-6-17/h3-4,7-12,17,21-22H,5-6,13-15H2,1-2H3,(H,25,27). The van der Waals surface area contributed by atoms with Crippen molar-refractivity contribution < 1.29 is 14.3 Å². The van der Waals surface area contributed by atoms with Crippen molar-refractivity contribution in [2.24, 2.45) is 11.8 Å². The first-order valence-corrected chi connectivity index (χ1v) is 10.3. The number of rotatable bonds is 6. The summed E-state index contributed by atoms with van der Waals surface area (Å²) in [7, 11) is 1.64. The molecular formula is C24H28N2O3. The quantitative estimate of drug-likeness (QED) is 0.820. The Balaban J connectivity index is 1.54. The predicted octanol–water partition coefficient (Wildman–Crippen LogP) is 3.39. The van der Waals surface area contributed by atoms with E-state index in [1.165, 1.54) is 12.8 Å². The second-order valence-corrected chi connectivity index (χ2v) is 8.25. The maximum absolute atomic E-state index is 13.1. The van der Waals surface area contributed by atoms with Crippen molar-refractivity contribution in [3.8, 4) is 5.75 Å². The van der Waals surface area contributed by atoms with E-state index in [1.807, 2.05) is 60.4 Å². The van der Waals surface area contributed by atoms with E-state index in [1.54, 1.807) is 7.11 Å². The highest BCUT2D eigenvalue weighted by atomic mass is 16.5. The van der Waals surface area contributed by atoms with Gasteiger partial charge in [0.25, 0.3) is 5.91 Å². The lowest BCUT2D eigenvalue weighted by Crippen LogP contribution is -2.36. The van der Waals surface area contributed by atoms with Gasteiger partial charge < -0.3 is 15.0 Å². The zero-order valence-corrected chi connectivity index (χ0v) is 17.1. The summed E-state index contributed by atoms with van der Waals surface area (Å²) >= 11 is 0. The molecule has 2 aromatic carbocycles. The number of nitrogens with zero attached hydrogens (tertiary/aromatic N) is 1. The number of aryl methyl sites for hydroxylation is 1. The first kappa shape index (κ1) is 19.5. The number of carbonyl (C=O) groups is 2. The Hall–Kier alpha value is -2.82. The zero-order valence-electron chi connectivity index (χ0n) is 17.1. The minimum atomic E-state index is -0.239. The number of hydrogen-bond donors (Lipinski definition) is 1. The highest BCUT2D eigenvalue weighted by Crippen LogP contribution is 2.35. The summed E-state index contributed by atoms with van der Waals surface area (Å²) in [5, 5.41) is 3.11. The molecule has 1 heterocycles. The van der Waals surface area contributed by atoms with Gasteiger partial charge in [-0.15, -0.1) is 0 Å². The van der Waals surface area contributed by atoms with Crippen LogP contribution in [0.25, 0.3) is 0 Å². The molecular weight excluding hydrogens is 364 g/mol. The van der Waals surface area contributed by atoms with Crippen molar-refractivity contribution >= 4 is 11.8 Å². The van der Waals surface area contributed by atoms with Crippen LogP contribution in [-0.4, -0.2) is 43.5 Å². The first-order chi connectivity index (χ1) is 14.0. The molecule has 1 aliphatic heterocycles. The fourth-order valence-electron chi connectivity index (χ4n) is 4.00. The van der Waals surface area contributed by atoms with Crippen LogP contribution in [0.5, 0.6) is 5.75 Å². The summed E-state index contributed by atoms with van der Waals surface area (Å²) in [6.45, 7) is 3.74. The molecule has 1 saturated heterocycles. The summed E-state index contributed by atoms with van der Waals surface area (Å²) in [6, 6.07) is 15.5. The van der Waals surface area contributed by atoms with Gasteiger partial charge in [0.05, 0.1) is 13.0 Å². The number of carbonyl (C=O) groups excluding carboxylic acids is 2. The van der Waals surface area contributed by atoms with Crippen LogP contribution in [-0.2, 0) is 4.79 Å². The van der Waals surface area contributed by atoms with Crippen LogP contribution in [0.2, 0.25) is 0 Å². The minimum Gasteiger partial charge on any atom is -0.497 e. The van der Waals surface area contributed by atoms with E-state index >= 15 is 0 Å². The Morgan fingerprint density at radius 2 is 1.72 bits per heavy atom. The lowest BCUT2D eigenvalue weighted by atomic mass is 9.88. The van der Waals surface area contributed by atoms with Crippen molar-refractivity contribution in [2.45, 2.75) is 25.7 Å². The van der Waals surface area contributed by atoms with E-state index < -0.39 is 0 Å². The maximum atomic E-state index is 13.1. The van der Waals surface area contributed by atoms with E-state index in [9.17, 15) is 9.59 Å². The van der Waals surface area contributed by atoms with Gasteiger partial charge in [0.15, 0.2) is 0 Å². The van der Waals surface area contributed by atoms with E-state index in [0.717, 1.165) is 23.4 Å². The lowest BCUT2D eigenvalue weighted by molar-refractivity contribution is -0.125. The Morgan fingerprint density at radius 1 is 1.03 bits per heavy atom. The lowest BCUT2D eigenvalue weighted by Gasteiger charge is -2.18. The molecule has 0 radical (unpaired) electrons. The van der Waals surface area contributed by atoms with Crippen LogP contribution in [0.15, 0.2) is 48.5 Å². The predicted molar refractivity (Wildman–Crippen MR) is 112 cm³/mol. The van der Waals surface area contributed by atoms with Gasteiger partial charge in [0.1, 0.15) is 5.75 Å². The molecule has 2 unspecified atom stereocenters. The number of likely N-dealkylation sites (tertiary alicyclic amines) is 1. The van der Waals surface area contributed by atoms with Crippen LogP contribution in [0.1, 0.15) is 40.2 Å². The summed E-state index contributed by atoms with van der Waals surface area (Å²) in [6.07, 6.45) is 2.40. The summed E-state index contributed by atoms with van der Waals surface area (Å²) < 4.78 is 5.26. The molecule has 0 aromatic heterocycles. The number of methoxy groups -OCH3 is 1. The SMILES string of the molecule is COc1ccc(C2CN(C(=O)c3ccc(C)cc3)CC2C(=O)NCC2CC2)cc1. The number of amides is 2. The molecule has 29 heavy (non-hydrogen) atoms. The normalized spacial score (nSPS) is 21.1. The maximum Gasteiger partial charge on any atom is 0.253 e. The van der Waals surface area contributed by atoms with Gasteiger partial charge in [-0.2, -0.15) is 0 Å². The van der Waals surface area contributed by atoms with Crippen molar-refractivity contribution in [3.63, 3.8) is 0 Å². The third-order valence-electron chi connectivity index (χ3n) is 6.05. The molecule has 1 saturated carbocycles. The van der Waals surface area contributed by atoms with Gasteiger partial charge in [0.2, 0.25) is 5.91 Å². The third-order valence-corrected chi connectivity index (χ3v) is 6.05. The zero-order chi connectivity index (χ0) is 20.4. The van der Waals surface area contributed by atoms with E-state index in [-0.39, 0.29) is 23.7 Å². The Bertz CT molecular complexity index is 872. The van der Waals surface area contributed by atoms with Crippen molar-refractivity contribution in [2.75, 3.05) is 26.7 Å². The third kappa shape index (κ3) is 4.44. The summed E-state index contributed by atoms with van der Waals surface area (Å²) in [5.74, 6) is 1.20. The molecule has 1 aliphatic carbocycles. The number of ether oxygens (including phenoxy) is 1. The van der Waals surface area contributed by atoms with Gasteiger partial charge in [-0.05, 0) is 55.5 Å². The number of hydrogen-bond acceptors (Lipinski definition) is 3. The largest absolute Gasteiger partial charge is 0.497 e. The molecule has 5 heteroatoms. The van der Waals surface area contributed by atoms with Gasteiger partial charge in [-0.1, -0.05) is 29.8 Å². The number of nitrogens with one attached hydrogen (secondary N) is 1. The molecule has 2 atom stereocenters. The fourth-order valence-corrected chi connectivity index (χ4v) is 4.00. The summed E-state index contributed by atoms with van der Waals surface area (Å²) in [4.78, 5) is 27.8. The monoisotopic (exact) mass is 392 g/mol. The molecule has 152 valence electrons. The molecule has 2 fully saturated rings. The molecule has 0 bridgehead atoms. The Morgan fingerprint density at radius 3 is 2.34 bits per heavy atom. The van der Waals surface area contributed by atoms with Gasteiger partial charge in [-0.3, -0.25) is 9.59 Å². The van der Waals surface area contributed by atoms with Crippen LogP contribution < -0.4 is 10.1 Å². The summed E-state index contributed by atoms with van der Waals surface area (Å²) in [5.41, 5.74) is 2.86. The second-order valence-electron chi connectivity index (χ2n) is 8.25. The van der Waals surface area contributed by atoms with Gasteiger partial charge in [-0.25, -0.2) is 0 Å². The highest BCUT2D eigenvalue weighted by Gasteiger charge is 2.40. The molecule has 2 aromatic rings. The van der Waals surface area contributed by atoms with Crippen LogP contribution in [0.4, 0.5) is 0 Å². The highest BCUT2D eigenvalue weighted by molar-refractivity contribution is 5.95. The van der Waals surface area contributed by atoms with Crippen molar-refractivity contribution in [1.82, 2.24) is 10.2 Å². The van der Waals surface area contributed by atoms with Crippen molar-refractivity contribution in [1.29, 1.82) is 0 Å². The smallest absolute Gasteiger partial charge is 0.253 e. The number of benzene rings is 2. The van der Waals surface area contributed by atoms with Crippen molar-refractivity contribution in [3.05, 3.63) is 65.2 Å². The Kier molecular flexibility index (Phi) is 5.56. The molecule has 2 aliphatic rings. The first-order valence-electron chi connectivity index (χ1n) is 10.3. The van der Waals surface area contributed by atoms with Crippen LogP contribution in [0, 0.1) is 18.8 Å². The van der Waals surface area contributed by atoms with Gasteiger partial charge >= 0.3 is 0 Å². The fraction of sp³-hybridized carbons (Fsp3) is 0.417. The van der Waals surface area contributed by atoms with Crippen LogP contribution >= 0.6 is 0 Å². The van der Waals surface area contributed by atoms with E-state index in [2.05, 4.69) is 5.32 Å². The second kappa shape index (κ2) is 8.27. The molecule has 0 spiro atoms. The van der Waals surface area contributed by atoms with E-state index in [4.69, 9.17) is 4.74 Å². The average Bonchev–Trinajstić information content (AvgIpc) is 3.48. The van der Waals surface area contributed by atoms with E-state index in [0.29, 0.717) is 24.6 Å². The Labute approximate surface area is 172 Å². The minimum absolute atomic E-state index is 0.0130. The van der Waals surface area contributed by atoms with Gasteiger partial charge in [0, 0.05) is 31.1 Å². The topological polar surface area (TPSA) is 58.6 Å². The molecule has 5 nitrogen and oxygen atoms in total. The molecule has 4 rings (SSSR count). The molecule has 1 N–H and O–H groups in total.